The maximum Gasteiger partial charge on any atom is 0.156 e. The van der Waals surface area contributed by atoms with Gasteiger partial charge in [-0.2, -0.15) is 0 Å². The average Bonchev–Trinajstić information content (AvgIpc) is 3.86. The van der Waals surface area contributed by atoms with Crippen molar-refractivity contribution in [3.05, 3.63) is 186 Å². The number of fused-ring (bicyclic) bond motifs is 12. The van der Waals surface area contributed by atoms with Crippen molar-refractivity contribution >= 4 is 53.3 Å². The predicted octanol–water partition coefficient (Wildman–Crippen LogP) is 15.2. The summed E-state index contributed by atoms with van der Waals surface area (Å²) in [5, 5.41) is 5.02. The molecule has 2 nitrogen and oxygen atoms in total. The topological polar surface area (TPSA) is 14.2 Å². The molecule has 3 heterocycles. The number of hydrogen-bond acceptors (Lipinski definition) is 2. The summed E-state index contributed by atoms with van der Waals surface area (Å²) in [5.74, 6) is 1.86. The molecule has 0 unspecified atom stereocenters. The molecule has 0 radical (unpaired) electrons. The lowest BCUT2D eigenvalue weighted by atomic mass is 9.75. The highest BCUT2D eigenvalue weighted by atomic mass is 32.1. The first-order chi connectivity index (χ1) is 27.8. The smallest absolute Gasteiger partial charge is 0.156 e. The van der Waals surface area contributed by atoms with Gasteiger partial charge < -0.3 is 9.30 Å². The zero-order chi connectivity index (χ0) is 38.2. The third-order valence-corrected chi connectivity index (χ3v) is 14.3. The van der Waals surface area contributed by atoms with Gasteiger partial charge in [-0.15, -0.1) is 11.3 Å². The first kappa shape index (κ1) is 32.8. The predicted molar refractivity (Wildman–Crippen MR) is 241 cm³/mol. The monoisotopic (exact) mass is 749 g/mol. The van der Waals surface area contributed by atoms with E-state index in [1.54, 1.807) is 0 Å². The molecule has 12 rings (SSSR count). The molecule has 8 aromatic carbocycles. The van der Waals surface area contributed by atoms with Crippen molar-refractivity contribution in [1.82, 2.24) is 4.57 Å². The number of thiophene rings is 1. The zero-order valence-electron chi connectivity index (χ0n) is 32.4. The van der Waals surface area contributed by atoms with Crippen LogP contribution in [-0.2, 0) is 10.8 Å². The number of rotatable bonds is 3. The van der Waals surface area contributed by atoms with Crippen LogP contribution in [0.1, 0.15) is 49.9 Å². The second-order valence-electron chi connectivity index (χ2n) is 16.9. The van der Waals surface area contributed by atoms with E-state index in [9.17, 15) is 0 Å². The summed E-state index contributed by atoms with van der Waals surface area (Å²) in [7, 11) is 0. The Labute approximate surface area is 336 Å². The molecular weight excluding hydrogens is 711 g/mol. The molecule has 0 amide bonds. The highest BCUT2D eigenvalue weighted by Crippen LogP contribution is 2.53. The van der Waals surface area contributed by atoms with E-state index in [4.69, 9.17) is 4.74 Å². The van der Waals surface area contributed by atoms with Gasteiger partial charge in [0.05, 0.1) is 11.0 Å². The van der Waals surface area contributed by atoms with E-state index in [0.29, 0.717) is 0 Å². The van der Waals surface area contributed by atoms with Crippen LogP contribution in [-0.4, -0.2) is 4.57 Å². The Morgan fingerprint density at radius 2 is 1.14 bits per heavy atom. The van der Waals surface area contributed by atoms with Crippen LogP contribution in [0.3, 0.4) is 0 Å². The lowest BCUT2D eigenvalue weighted by Gasteiger charge is -2.35. The van der Waals surface area contributed by atoms with Crippen molar-refractivity contribution in [2.45, 2.75) is 38.5 Å². The lowest BCUT2D eigenvalue weighted by Crippen LogP contribution is -2.24. The average molecular weight is 750 g/mol. The van der Waals surface area contributed by atoms with E-state index >= 15 is 0 Å². The van der Waals surface area contributed by atoms with E-state index in [0.717, 1.165) is 28.2 Å². The Hall–Kier alpha value is -6.42. The number of hydrogen-bond donors (Lipinski definition) is 0. The summed E-state index contributed by atoms with van der Waals surface area (Å²) >= 11 is 1.89. The minimum absolute atomic E-state index is 0.0998. The number of ether oxygens (including phenoxy) is 1. The van der Waals surface area contributed by atoms with Crippen LogP contribution in [0, 0.1) is 0 Å². The first-order valence-corrected chi connectivity index (χ1v) is 20.7. The summed E-state index contributed by atoms with van der Waals surface area (Å²) in [4.78, 5) is 0. The largest absolute Gasteiger partial charge is 0.454 e. The molecule has 1 aliphatic carbocycles. The van der Waals surface area contributed by atoms with Crippen LogP contribution in [0.5, 0.6) is 11.5 Å². The molecule has 2 aromatic heterocycles. The summed E-state index contributed by atoms with van der Waals surface area (Å²) in [6, 6.07) is 60.8. The quantitative estimate of drug-likeness (QED) is 0.175. The zero-order valence-corrected chi connectivity index (χ0v) is 33.2. The minimum Gasteiger partial charge on any atom is -0.454 e. The Kier molecular flexibility index (Phi) is 6.65. The molecule has 0 saturated heterocycles. The summed E-state index contributed by atoms with van der Waals surface area (Å²) in [6.45, 7) is 9.38. The summed E-state index contributed by atoms with van der Waals surface area (Å²) in [6.07, 6.45) is 0. The van der Waals surface area contributed by atoms with Gasteiger partial charge in [0.2, 0.25) is 0 Å². The van der Waals surface area contributed by atoms with E-state index < -0.39 is 0 Å². The molecule has 0 saturated carbocycles. The van der Waals surface area contributed by atoms with Gasteiger partial charge in [-0.25, -0.2) is 0 Å². The van der Waals surface area contributed by atoms with Crippen LogP contribution in [0.4, 0.5) is 0 Å². The Bertz CT molecular complexity index is 3340. The molecule has 10 aromatic rings. The maximum absolute atomic E-state index is 7.02. The minimum atomic E-state index is -0.238. The second kappa shape index (κ2) is 11.6. The number of benzene rings is 8. The van der Waals surface area contributed by atoms with Gasteiger partial charge in [0.1, 0.15) is 5.75 Å². The van der Waals surface area contributed by atoms with E-state index in [1.807, 2.05) is 11.3 Å². The SMILES string of the molecule is CC1(C)c2ccccc2-c2ccc(-c3cc(-c4cccc5c4sc4ccccc45)cc(-n4c5ccccc5c5ccc6c(c54)Oc4ccccc4C6(C)C)c3)cc21. The van der Waals surface area contributed by atoms with Gasteiger partial charge in [-0.1, -0.05) is 149 Å². The fourth-order valence-electron chi connectivity index (χ4n) is 10.1. The lowest BCUT2D eigenvalue weighted by molar-refractivity contribution is 0.421. The van der Waals surface area contributed by atoms with Gasteiger partial charge in [0.15, 0.2) is 5.75 Å². The van der Waals surface area contributed by atoms with Crippen LogP contribution in [0.2, 0.25) is 0 Å². The van der Waals surface area contributed by atoms with Crippen LogP contribution in [0.25, 0.3) is 81.0 Å². The molecule has 272 valence electrons. The van der Waals surface area contributed by atoms with E-state index in [1.165, 1.54) is 86.6 Å². The third-order valence-electron chi connectivity index (χ3n) is 13.0. The van der Waals surface area contributed by atoms with Crippen molar-refractivity contribution in [2.75, 3.05) is 0 Å². The third kappa shape index (κ3) is 4.52. The van der Waals surface area contributed by atoms with Crippen LogP contribution >= 0.6 is 11.3 Å². The van der Waals surface area contributed by atoms with E-state index in [-0.39, 0.29) is 10.8 Å². The van der Waals surface area contributed by atoms with Gasteiger partial charge in [0, 0.05) is 58.6 Å². The molecule has 0 atom stereocenters. The Morgan fingerprint density at radius 3 is 2.04 bits per heavy atom. The highest BCUT2D eigenvalue weighted by Gasteiger charge is 2.37. The molecule has 0 fully saturated rings. The normalized spacial score (nSPS) is 14.7. The van der Waals surface area contributed by atoms with Gasteiger partial charge in [-0.05, 0) is 87.0 Å². The van der Waals surface area contributed by atoms with Crippen molar-refractivity contribution in [3.63, 3.8) is 0 Å². The van der Waals surface area contributed by atoms with Crippen molar-refractivity contribution in [1.29, 1.82) is 0 Å². The fourth-order valence-corrected chi connectivity index (χ4v) is 11.4. The molecule has 3 heteroatoms. The molecule has 0 spiro atoms. The number of para-hydroxylation sites is 2. The Balaban J connectivity index is 1.16. The summed E-state index contributed by atoms with van der Waals surface area (Å²) in [5.41, 5.74) is 15.7. The standard InChI is InChI=1S/C54H39NOS/c1-53(2)43-19-8-5-14-37(43)38-25-24-32(31-46(38)53)33-28-34(36-17-13-18-42-40-16-7-12-23-49(40)57-52(36)42)30-35(29-33)55-47-21-10-6-15-39(47)41-26-27-45-51(50(41)55)56-48-22-11-9-20-44(48)54(45,3)4/h5-31H,1-4H3. The van der Waals surface area contributed by atoms with Crippen molar-refractivity contribution in [2.24, 2.45) is 0 Å². The number of nitrogens with zero attached hydrogens (tertiary/aromatic N) is 1. The molecule has 1 aliphatic heterocycles. The van der Waals surface area contributed by atoms with Gasteiger partial charge in [-0.3, -0.25) is 0 Å². The van der Waals surface area contributed by atoms with Gasteiger partial charge >= 0.3 is 0 Å². The maximum atomic E-state index is 7.02. The first-order valence-electron chi connectivity index (χ1n) is 19.9. The summed E-state index contributed by atoms with van der Waals surface area (Å²) < 4.78 is 12.1. The molecule has 0 N–H and O–H groups in total. The number of aromatic nitrogens is 1. The van der Waals surface area contributed by atoms with Gasteiger partial charge in [0.25, 0.3) is 0 Å². The molecular formula is C54H39NOS. The Morgan fingerprint density at radius 1 is 0.456 bits per heavy atom. The highest BCUT2D eigenvalue weighted by molar-refractivity contribution is 7.26. The van der Waals surface area contributed by atoms with Crippen molar-refractivity contribution in [3.8, 4) is 50.6 Å². The fraction of sp³-hybridized carbons (Fsp3) is 0.111. The van der Waals surface area contributed by atoms with E-state index in [2.05, 4.69) is 196 Å². The van der Waals surface area contributed by atoms with Crippen LogP contribution in [0.15, 0.2) is 164 Å². The van der Waals surface area contributed by atoms with Crippen molar-refractivity contribution < 1.29 is 4.74 Å². The second-order valence-corrected chi connectivity index (χ2v) is 17.9. The molecule has 2 aliphatic rings. The molecule has 57 heavy (non-hydrogen) atoms. The van der Waals surface area contributed by atoms with Crippen LogP contribution < -0.4 is 4.74 Å². The molecule has 0 bridgehead atoms.